The molecule has 0 aromatic rings. The molecule has 0 unspecified atom stereocenters. The summed E-state index contributed by atoms with van der Waals surface area (Å²) in [5, 5.41) is 1.77. The highest BCUT2D eigenvalue weighted by Gasteiger charge is 2.48. The van der Waals surface area contributed by atoms with E-state index >= 15 is 0 Å². The number of rotatable bonds is 8. The zero-order valence-corrected chi connectivity index (χ0v) is 8.94. The maximum absolute atomic E-state index is 12.4. The molecular formula is C9H15F4NO2. The Morgan fingerprint density at radius 2 is 1.94 bits per heavy atom. The van der Waals surface area contributed by atoms with Gasteiger partial charge in [-0.15, -0.1) is 0 Å². The van der Waals surface area contributed by atoms with Crippen molar-refractivity contribution in [2.45, 2.75) is 31.6 Å². The first kappa shape index (κ1) is 15.2. The summed E-state index contributed by atoms with van der Waals surface area (Å²) in [6.45, 7) is 0.506. The third kappa shape index (κ3) is 5.29. The van der Waals surface area contributed by atoms with Gasteiger partial charge in [0.25, 0.3) is 5.91 Å². The van der Waals surface area contributed by atoms with Crippen LogP contribution in [0.2, 0.25) is 0 Å². The summed E-state index contributed by atoms with van der Waals surface area (Å²) in [6.07, 6.45) is -2.11. The van der Waals surface area contributed by atoms with E-state index in [0.717, 1.165) is 6.42 Å². The number of carbonyl (C=O) groups is 1. The number of ether oxygens (including phenoxy) is 1. The van der Waals surface area contributed by atoms with Crippen molar-refractivity contribution < 1.29 is 27.1 Å². The van der Waals surface area contributed by atoms with Gasteiger partial charge in [-0.25, -0.2) is 8.78 Å². The molecule has 0 aromatic heterocycles. The first-order valence-corrected chi connectivity index (χ1v) is 4.86. The lowest BCUT2D eigenvalue weighted by Crippen LogP contribution is -2.45. The number of amides is 1. The van der Waals surface area contributed by atoms with Crippen molar-refractivity contribution in [2.75, 3.05) is 20.3 Å². The van der Waals surface area contributed by atoms with E-state index in [2.05, 4.69) is 0 Å². The third-order valence-corrected chi connectivity index (χ3v) is 1.89. The maximum atomic E-state index is 12.4. The van der Waals surface area contributed by atoms with Crippen molar-refractivity contribution in [3.63, 3.8) is 0 Å². The van der Waals surface area contributed by atoms with Crippen LogP contribution < -0.4 is 5.32 Å². The average molecular weight is 245 g/mol. The van der Waals surface area contributed by atoms with Gasteiger partial charge in [0.2, 0.25) is 0 Å². The molecule has 1 N–H and O–H groups in total. The molecule has 1 amide bonds. The molecule has 0 spiro atoms. The van der Waals surface area contributed by atoms with E-state index < -0.39 is 18.3 Å². The van der Waals surface area contributed by atoms with E-state index in [-0.39, 0.29) is 6.54 Å². The Kier molecular flexibility index (Phi) is 7.03. The molecule has 0 aromatic carbocycles. The van der Waals surface area contributed by atoms with Gasteiger partial charge in [-0.1, -0.05) is 0 Å². The Labute approximate surface area is 91.1 Å². The van der Waals surface area contributed by atoms with Gasteiger partial charge in [-0.05, 0) is 19.3 Å². The van der Waals surface area contributed by atoms with E-state index in [9.17, 15) is 22.4 Å². The van der Waals surface area contributed by atoms with Crippen molar-refractivity contribution in [1.29, 1.82) is 0 Å². The highest BCUT2D eigenvalue weighted by atomic mass is 19.3. The standard InChI is InChI=1S/C9H15F4NO2/c1-16-6-4-2-3-5-14-8(15)9(12,13)7(10)11/h7H,2-6H2,1H3,(H,14,15). The zero-order valence-electron chi connectivity index (χ0n) is 8.94. The van der Waals surface area contributed by atoms with Gasteiger partial charge >= 0.3 is 12.3 Å². The molecule has 0 heterocycles. The molecule has 0 atom stereocenters. The van der Waals surface area contributed by atoms with Gasteiger partial charge in [0.1, 0.15) is 0 Å². The number of methoxy groups -OCH3 is 1. The molecular weight excluding hydrogens is 230 g/mol. The highest BCUT2D eigenvalue weighted by molar-refractivity contribution is 5.83. The number of carbonyl (C=O) groups excluding carboxylic acids is 1. The summed E-state index contributed by atoms with van der Waals surface area (Å²) in [4.78, 5) is 10.6. The van der Waals surface area contributed by atoms with Crippen LogP contribution in [0.25, 0.3) is 0 Å². The highest BCUT2D eigenvalue weighted by Crippen LogP contribution is 2.22. The monoisotopic (exact) mass is 245 g/mol. The molecule has 3 nitrogen and oxygen atoms in total. The van der Waals surface area contributed by atoms with Crippen LogP contribution in [0.1, 0.15) is 19.3 Å². The van der Waals surface area contributed by atoms with Crippen molar-refractivity contribution in [1.82, 2.24) is 5.32 Å². The second-order valence-corrected chi connectivity index (χ2v) is 3.23. The fraction of sp³-hybridized carbons (Fsp3) is 0.889. The molecule has 0 rings (SSSR count). The van der Waals surface area contributed by atoms with Crippen LogP contribution in [0.3, 0.4) is 0 Å². The minimum atomic E-state index is -4.60. The lowest BCUT2D eigenvalue weighted by Gasteiger charge is -2.14. The topological polar surface area (TPSA) is 38.3 Å². The molecule has 0 aliphatic rings. The second-order valence-electron chi connectivity index (χ2n) is 3.23. The Hall–Kier alpha value is -0.850. The van der Waals surface area contributed by atoms with Crippen LogP contribution in [-0.2, 0) is 9.53 Å². The fourth-order valence-corrected chi connectivity index (χ4v) is 0.967. The van der Waals surface area contributed by atoms with E-state index in [0.29, 0.717) is 19.4 Å². The Morgan fingerprint density at radius 3 is 2.44 bits per heavy atom. The largest absolute Gasteiger partial charge is 0.385 e. The molecule has 96 valence electrons. The van der Waals surface area contributed by atoms with E-state index in [1.807, 2.05) is 0 Å². The van der Waals surface area contributed by atoms with Crippen molar-refractivity contribution in [3.8, 4) is 0 Å². The Balaban J connectivity index is 3.66. The van der Waals surface area contributed by atoms with Gasteiger partial charge in [0, 0.05) is 20.3 Å². The van der Waals surface area contributed by atoms with Gasteiger partial charge in [0.15, 0.2) is 0 Å². The van der Waals surface area contributed by atoms with E-state index in [1.54, 1.807) is 5.32 Å². The second kappa shape index (κ2) is 7.43. The normalized spacial score (nSPS) is 11.9. The number of halogens is 4. The predicted octanol–water partition coefficient (Wildman–Crippen LogP) is 1.82. The molecule has 0 radical (unpaired) electrons. The zero-order chi connectivity index (χ0) is 12.6. The molecule has 16 heavy (non-hydrogen) atoms. The molecule has 7 heteroatoms. The molecule has 0 saturated carbocycles. The Morgan fingerprint density at radius 1 is 1.31 bits per heavy atom. The number of hydrogen-bond acceptors (Lipinski definition) is 2. The summed E-state index contributed by atoms with van der Waals surface area (Å²) in [5.74, 6) is -6.53. The smallest absolute Gasteiger partial charge is 0.383 e. The van der Waals surface area contributed by atoms with Crippen LogP contribution in [-0.4, -0.2) is 38.5 Å². The third-order valence-electron chi connectivity index (χ3n) is 1.89. The summed E-state index contributed by atoms with van der Waals surface area (Å²) in [6, 6.07) is 0. The van der Waals surface area contributed by atoms with E-state index in [4.69, 9.17) is 4.74 Å². The lowest BCUT2D eigenvalue weighted by atomic mass is 10.2. The maximum Gasteiger partial charge on any atom is 0.383 e. The van der Waals surface area contributed by atoms with E-state index in [1.165, 1.54) is 7.11 Å². The molecule has 0 bridgehead atoms. The molecule has 0 aliphatic heterocycles. The van der Waals surface area contributed by atoms with Gasteiger partial charge < -0.3 is 10.1 Å². The molecule has 0 aliphatic carbocycles. The average Bonchev–Trinajstić information content (AvgIpc) is 2.22. The summed E-state index contributed by atoms with van der Waals surface area (Å²) >= 11 is 0. The fourth-order valence-electron chi connectivity index (χ4n) is 0.967. The van der Waals surface area contributed by atoms with Crippen molar-refractivity contribution >= 4 is 5.91 Å². The van der Waals surface area contributed by atoms with Crippen molar-refractivity contribution in [3.05, 3.63) is 0 Å². The van der Waals surface area contributed by atoms with Crippen LogP contribution in [0.15, 0.2) is 0 Å². The van der Waals surface area contributed by atoms with Gasteiger partial charge in [-0.2, -0.15) is 8.78 Å². The Bertz CT molecular complexity index is 212. The number of hydrogen-bond donors (Lipinski definition) is 1. The predicted molar refractivity (Wildman–Crippen MR) is 49.7 cm³/mol. The van der Waals surface area contributed by atoms with Gasteiger partial charge in [-0.3, -0.25) is 4.79 Å². The summed E-state index contributed by atoms with van der Waals surface area (Å²) in [5.41, 5.74) is 0. The first-order chi connectivity index (χ1) is 7.42. The van der Waals surface area contributed by atoms with Crippen LogP contribution in [0, 0.1) is 0 Å². The van der Waals surface area contributed by atoms with Crippen LogP contribution in [0.5, 0.6) is 0 Å². The number of alkyl halides is 4. The van der Waals surface area contributed by atoms with Crippen molar-refractivity contribution in [2.24, 2.45) is 0 Å². The summed E-state index contributed by atoms with van der Waals surface area (Å²) < 4.78 is 52.9. The minimum Gasteiger partial charge on any atom is -0.385 e. The first-order valence-electron chi connectivity index (χ1n) is 4.86. The molecule has 0 fully saturated rings. The SMILES string of the molecule is COCCCCCNC(=O)C(F)(F)C(F)F. The lowest BCUT2D eigenvalue weighted by molar-refractivity contribution is -0.169. The number of nitrogens with one attached hydrogen (secondary N) is 1. The quantitative estimate of drug-likeness (QED) is 0.523. The molecule has 0 saturated heterocycles. The minimum absolute atomic E-state index is 0.0368. The summed E-state index contributed by atoms with van der Waals surface area (Å²) in [7, 11) is 1.53. The van der Waals surface area contributed by atoms with Gasteiger partial charge in [0.05, 0.1) is 0 Å². The van der Waals surface area contributed by atoms with Crippen LogP contribution in [0.4, 0.5) is 17.6 Å². The number of unbranched alkanes of at least 4 members (excludes halogenated alkanes) is 2. The van der Waals surface area contributed by atoms with Crippen LogP contribution >= 0.6 is 0 Å².